The molecule has 0 saturated heterocycles. The summed E-state index contributed by atoms with van der Waals surface area (Å²) in [6, 6.07) is -0.702. The van der Waals surface area contributed by atoms with Crippen LogP contribution in [0.15, 0.2) is 0 Å². The molecule has 0 aliphatic carbocycles. The first-order chi connectivity index (χ1) is 5.72. The van der Waals surface area contributed by atoms with Gasteiger partial charge in [-0.25, -0.2) is 0 Å². The Kier molecular flexibility index (Phi) is 6.64. The van der Waals surface area contributed by atoms with E-state index in [1.165, 1.54) is 14.2 Å². The summed E-state index contributed by atoms with van der Waals surface area (Å²) in [5.74, 6) is -0.464. The van der Waals surface area contributed by atoms with Crippen LogP contribution in [0.4, 0.5) is 0 Å². The molecule has 0 fully saturated rings. The number of carbonyl (C=O) groups is 1. The van der Waals surface area contributed by atoms with Crippen molar-refractivity contribution in [1.29, 1.82) is 0 Å². The van der Waals surface area contributed by atoms with Gasteiger partial charge in [0, 0.05) is 14.2 Å². The minimum Gasteiger partial charge on any atom is -0.462 e. The van der Waals surface area contributed by atoms with E-state index in [0.717, 1.165) is 0 Å². The Hall–Kier alpha value is -0.650. The van der Waals surface area contributed by atoms with Crippen LogP contribution in [-0.4, -0.2) is 46.1 Å². The Morgan fingerprint density at radius 2 is 2.00 bits per heavy atom. The van der Waals surface area contributed by atoms with Crippen LogP contribution in [0, 0.1) is 0 Å². The van der Waals surface area contributed by atoms with Gasteiger partial charge in [-0.2, -0.15) is 0 Å². The normalized spacial score (nSPS) is 12.6. The SMILES string of the molecule is COCCOC(=O)C(N)COC. The van der Waals surface area contributed by atoms with Gasteiger partial charge in [-0.1, -0.05) is 0 Å². The van der Waals surface area contributed by atoms with Crippen molar-refractivity contribution in [3.8, 4) is 0 Å². The first-order valence-electron chi connectivity index (χ1n) is 3.62. The smallest absolute Gasteiger partial charge is 0.325 e. The molecule has 2 N–H and O–H groups in total. The molecule has 0 saturated carbocycles. The van der Waals surface area contributed by atoms with Gasteiger partial charge in [-0.05, 0) is 0 Å². The van der Waals surface area contributed by atoms with Gasteiger partial charge in [-0.3, -0.25) is 4.79 Å². The van der Waals surface area contributed by atoms with Crippen LogP contribution in [-0.2, 0) is 19.0 Å². The Bertz CT molecular complexity index is 129. The van der Waals surface area contributed by atoms with Gasteiger partial charge in [-0.15, -0.1) is 0 Å². The third kappa shape index (κ3) is 5.06. The van der Waals surface area contributed by atoms with Crippen molar-refractivity contribution < 1.29 is 19.0 Å². The number of ether oxygens (including phenoxy) is 3. The third-order valence-corrected chi connectivity index (χ3v) is 1.18. The van der Waals surface area contributed by atoms with E-state index in [0.29, 0.717) is 6.61 Å². The molecule has 0 rings (SSSR count). The third-order valence-electron chi connectivity index (χ3n) is 1.18. The van der Waals surface area contributed by atoms with Crippen LogP contribution in [0.1, 0.15) is 0 Å². The molecule has 0 aliphatic rings. The summed E-state index contributed by atoms with van der Waals surface area (Å²) in [5.41, 5.74) is 5.37. The monoisotopic (exact) mass is 177 g/mol. The van der Waals surface area contributed by atoms with Crippen LogP contribution in [0.5, 0.6) is 0 Å². The Balaban J connectivity index is 3.43. The minimum atomic E-state index is -0.702. The summed E-state index contributed by atoms with van der Waals surface area (Å²) >= 11 is 0. The van der Waals surface area contributed by atoms with E-state index in [4.69, 9.17) is 10.5 Å². The zero-order valence-corrected chi connectivity index (χ0v) is 7.41. The first-order valence-corrected chi connectivity index (χ1v) is 3.62. The molecule has 0 spiro atoms. The first kappa shape index (κ1) is 11.4. The minimum absolute atomic E-state index is 0.172. The predicted molar refractivity (Wildman–Crippen MR) is 42.7 cm³/mol. The standard InChI is InChI=1S/C7H15NO4/c1-10-3-4-12-7(9)6(8)5-11-2/h6H,3-5,8H2,1-2H3. The highest BCUT2D eigenvalue weighted by atomic mass is 16.6. The van der Waals surface area contributed by atoms with Crippen LogP contribution in [0.2, 0.25) is 0 Å². The number of hydrogen-bond acceptors (Lipinski definition) is 5. The van der Waals surface area contributed by atoms with E-state index in [-0.39, 0.29) is 13.2 Å². The van der Waals surface area contributed by atoms with Crippen molar-refractivity contribution in [3.05, 3.63) is 0 Å². The molecular formula is C7H15NO4. The number of rotatable bonds is 6. The average molecular weight is 177 g/mol. The fraction of sp³-hybridized carbons (Fsp3) is 0.857. The van der Waals surface area contributed by atoms with Crippen LogP contribution in [0.3, 0.4) is 0 Å². The van der Waals surface area contributed by atoms with Gasteiger partial charge >= 0.3 is 5.97 Å². The lowest BCUT2D eigenvalue weighted by atomic mass is 10.3. The average Bonchev–Trinajstić information content (AvgIpc) is 2.05. The van der Waals surface area contributed by atoms with Crippen LogP contribution < -0.4 is 5.73 Å². The molecule has 0 heterocycles. The van der Waals surface area contributed by atoms with Crippen molar-refractivity contribution in [1.82, 2.24) is 0 Å². The number of carbonyl (C=O) groups excluding carboxylic acids is 1. The Labute approximate surface area is 71.8 Å². The van der Waals surface area contributed by atoms with E-state index in [2.05, 4.69) is 9.47 Å². The van der Waals surface area contributed by atoms with Crippen LogP contribution in [0.25, 0.3) is 0 Å². The second kappa shape index (κ2) is 7.02. The maximum Gasteiger partial charge on any atom is 0.325 e. The highest BCUT2D eigenvalue weighted by molar-refractivity contribution is 5.75. The molecule has 0 aliphatic heterocycles. The highest BCUT2D eigenvalue weighted by Gasteiger charge is 2.13. The van der Waals surface area contributed by atoms with E-state index in [1.54, 1.807) is 0 Å². The molecule has 5 heteroatoms. The Morgan fingerprint density at radius 3 is 2.50 bits per heavy atom. The van der Waals surface area contributed by atoms with Crippen molar-refractivity contribution in [3.63, 3.8) is 0 Å². The van der Waals surface area contributed by atoms with E-state index in [9.17, 15) is 4.79 Å². The number of nitrogens with two attached hydrogens (primary N) is 1. The second-order valence-electron chi connectivity index (χ2n) is 2.22. The number of hydrogen-bond donors (Lipinski definition) is 1. The zero-order valence-electron chi connectivity index (χ0n) is 7.41. The molecule has 0 aromatic heterocycles. The summed E-state index contributed by atoms with van der Waals surface area (Å²) in [7, 11) is 3.01. The van der Waals surface area contributed by atoms with Crippen molar-refractivity contribution >= 4 is 5.97 Å². The second-order valence-corrected chi connectivity index (χ2v) is 2.22. The highest BCUT2D eigenvalue weighted by Crippen LogP contribution is 1.86. The summed E-state index contributed by atoms with van der Waals surface area (Å²) in [6.45, 7) is 0.782. The van der Waals surface area contributed by atoms with Crippen LogP contribution >= 0.6 is 0 Å². The van der Waals surface area contributed by atoms with Gasteiger partial charge in [0.25, 0.3) is 0 Å². The fourth-order valence-corrected chi connectivity index (χ4v) is 0.580. The fourth-order valence-electron chi connectivity index (χ4n) is 0.580. The molecule has 1 atom stereocenters. The molecule has 0 radical (unpaired) electrons. The molecule has 0 amide bonds. The number of methoxy groups -OCH3 is 2. The molecule has 0 aromatic carbocycles. The quantitative estimate of drug-likeness (QED) is 0.422. The molecular weight excluding hydrogens is 162 g/mol. The number of esters is 1. The summed E-state index contributed by atoms with van der Waals surface area (Å²) in [6.07, 6.45) is 0. The zero-order chi connectivity index (χ0) is 9.40. The van der Waals surface area contributed by atoms with E-state index >= 15 is 0 Å². The largest absolute Gasteiger partial charge is 0.462 e. The lowest BCUT2D eigenvalue weighted by molar-refractivity contribution is -0.147. The molecule has 1 unspecified atom stereocenters. The van der Waals surface area contributed by atoms with Gasteiger partial charge in [0.2, 0.25) is 0 Å². The summed E-state index contributed by atoms with van der Waals surface area (Å²) in [5, 5.41) is 0. The molecule has 12 heavy (non-hydrogen) atoms. The summed E-state index contributed by atoms with van der Waals surface area (Å²) < 4.78 is 14.1. The van der Waals surface area contributed by atoms with Gasteiger partial charge in [0.1, 0.15) is 12.6 Å². The lowest BCUT2D eigenvalue weighted by Crippen LogP contribution is -2.36. The van der Waals surface area contributed by atoms with E-state index in [1.807, 2.05) is 0 Å². The summed E-state index contributed by atoms with van der Waals surface area (Å²) in [4.78, 5) is 10.9. The molecule has 0 aromatic rings. The molecule has 5 nitrogen and oxygen atoms in total. The van der Waals surface area contributed by atoms with Crippen molar-refractivity contribution in [2.75, 3.05) is 34.0 Å². The molecule has 0 bridgehead atoms. The van der Waals surface area contributed by atoms with Gasteiger partial charge in [0.15, 0.2) is 0 Å². The van der Waals surface area contributed by atoms with E-state index < -0.39 is 12.0 Å². The lowest BCUT2D eigenvalue weighted by Gasteiger charge is -2.09. The topological polar surface area (TPSA) is 70.8 Å². The van der Waals surface area contributed by atoms with Crippen molar-refractivity contribution in [2.24, 2.45) is 5.73 Å². The maximum absolute atomic E-state index is 10.9. The molecule has 72 valence electrons. The van der Waals surface area contributed by atoms with Crippen molar-refractivity contribution in [2.45, 2.75) is 6.04 Å². The van der Waals surface area contributed by atoms with Gasteiger partial charge in [0.05, 0.1) is 13.2 Å². The predicted octanol–water partition coefficient (Wildman–Crippen LogP) is -0.850. The maximum atomic E-state index is 10.9. The van der Waals surface area contributed by atoms with Gasteiger partial charge < -0.3 is 19.9 Å². The Morgan fingerprint density at radius 1 is 1.33 bits per heavy atom.